The van der Waals surface area contributed by atoms with Crippen LogP contribution in [0.5, 0.6) is 0 Å². The number of carbonyl (C=O) groups is 1. The van der Waals surface area contributed by atoms with Crippen LogP contribution in [0, 0.1) is 5.82 Å². The van der Waals surface area contributed by atoms with Crippen molar-refractivity contribution in [2.75, 3.05) is 26.2 Å². The summed E-state index contributed by atoms with van der Waals surface area (Å²) in [5.74, 6) is -0.146. The SMILES string of the molecule is CCc1cc(-c2ccc(CN3CCN(C(C)=O)CC3)cc2F)ncn1. The fourth-order valence-corrected chi connectivity index (χ4v) is 3.08. The van der Waals surface area contributed by atoms with Crippen molar-refractivity contribution in [3.63, 3.8) is 0 Å². The lowest BCUT2D eigenvalue weighted by atomic mass is 10.1. The molecule has 1 aliphatic rings. The lowest BCUT2D eigenvalue weighted by Gasteiger charge is -2.34. The van der Waals surface area contributed by atoms with Crippen LogP contribution in [0.2, 0.25) is 0 Å². The van der Waals surface area contributed by atoms with Crippen molar-refractivity contribution in [2.24, 2.45) is 0 Å². The van der Waals surface area contributed by atoms with Crippen LogP contribution in [-0.4, -0.2) is 51.9 Å². The number of amides is 1. The molecule has 1 fully saturated rings. The maximum absolute atomic E-state index is 14.6. The smallest absolute Gasteiger partial charge is 0.219 e. The normalized spacial score (nSPS) is 15.4. The first-order chi connectivity index (χ1) is 12.1. The molecule has 0 unspecified atom stereocenters. The van der Waals surface area contributed by atoms with E-state index in [9.17, 15) is 9.18 Å². The molecule has 2 aromatic rings. The van der Waals surface area contributed by atoms with E-state index in [2.05, 4.69) is 14.9 Å². The first-order valence-electron chi connectivity index (χ1n) is 8.64. The molecule has 1 saturated heterocycles. The molecule has 0 radical (unpaired) electrons. The van der Waals surface area contributed by atoms with Crippen molar-refractivity contribution < 1.29 is 9.18 Å². The topological polar surface area (TPSA) is 49.3 Å². The van der Waals surface area contributed by atoms with Crippen LogP contribution in [0.15, 0.2) is 30.6 Å². The van der Waals surface area contributed by atoms with Gasteiger partial charge in [-0.2, -0.15) is 0 Å². The third-order valence-corrected chi connectivity index (χ3v) is 4.62. The van der Waals surface area contributed by atoms with Gasteiger partial charge in [-0.25, -0.2) is 14.4 Å². The fraction of sp³-hybridized carbons (Fsp3) is 0.421. The number of aromatic nitrogens is 2. The first-order valence-corrected chi connectivity index (χ1v) is 8.64. The van der Waals surface area contributed by atoms with Gasteiger partial charge in [0.05, 0.1) is 5.69 Å². The Kier molecular flexibility index (Phi) is 5.38. The molecule has 0 bridgehead atoms. The number of aryl methyl sites for hydroxylation is 1. The van der Waals surface area contributed by atoms with E-state index < -0.39 is 0 Å². The van der Waals surface area contributed by atoms with Crippen molar-refractivity contribution in [1.82, 2.24) is 19.8 Å². The molecule has 0 saturated carbocycles. The fourth-order valence-electron chi connectivity index (χ4n) is 3.08. The Morgan fingerprint density at radius 2 is 1.92 bits per heavy atom. The van der Waals surface area contributed by atoms with Gasteiger partial charge < -0.3 is 4.90 Å². The number of halogens is 1. The third kappa shape index (κ3) is 4.20. The molecule has 132 valence electrons. The van der Waals surface area contributed by atoms with Crippen LogP contribution in [0.25, 0.3) is 11.3 Å². The summed E-state index contributed by atoms with van der Waals surface area (Å²) >= 11 is 0. The minimum atomic E-state index is -0.263. The van der Waals surface area contributed by atoms with Crippen LogP contribution < -0.4 is 0 Å². The molecule has 2 heterocycles. The number of rotatable bonds is 4. The Bertz CT molecular complexity index is 757. The highest BCUT2D eigenvalue weighted by Crippen LogP contribution is 2.23. The first kappa shape index (κ1) is 17.5. The zero-order chi connectivity index (χ0) is 17.8. The van der Waals surface area contributed by atoms with Gasteiger partial charge in [-0.3, -0.25) is 9.69 Å². The molecule has 0 N–H and O–H groups in total. The minimum absolute atomic E-state index is 0.117. The molecule has 0 atom stereocenters. The predicted molar refractivity (Wildman–Crippen MR) is 94.3 cm³/mol. The van der Waals surface area contributed by atoms with Gasteiger partial charge >= 0.3 is 0 Å². The van der Waals surface area contributed by atoms with E-state index in [1.165, 1.54) is 6.33 Å². The number of carbonyl (C=O) groups excluding carboxylic acids is 1. The summed E-state index contributed by atoms with van der Waals surface area (Å²) in [5.41, 5.74) is 2.95. The number of benzene rings is 1. The third-order valence-electron chi connectivity index (χ3n) is 4.62. The maximum atomic E-state index is 14.6. The molecule has 3 rings (SSSR count). The van der Waals surface area contributed by atoms with Crippen LogP contribution in [0.1, 0.15) is 25.1 Å². The monoisotopic (exact) mass is 342 g/mol. The summed E-state index contributed by atoms with van der Waals surface area (Å²) in [5, 5.41) is 0. The average Bonchev–Trinajstić information content (AvgIpc) is 2.62. The molecule has 0 aliphatic carbocycles. The molecule has 1 aromatic carbocycles. The van der Waals surface area contributed by atoms with E-state index >= 15 is 0 Å². The van der Waals surface area contributed by atoms with Crippen molar-refractivity contribution in [3.05, 3.63) is 47.7 Å². The molecule has 1 aliphatic heterocycles. The van der Waals surface area contributed by atoms with Gasteiger partial charge in [-0.15, -0.1) is 0 Å². The second-order valence-electron chi connectivity index (χ2n) is 6.34. The summed E-state index contributed by atoms with van der Waals surface area (Å²) in [6, 6.07) is 7.15. The quantitative estimate of drug-likeness (QED) is 0.857. The maximum Gasteiger partial charge on any atom is 0.219 e. The number of hydrogen-bond donors (Lipinski definition) is 0. The second kappa shape index (κ2) is 7.70. The van der Waals surface area contributed by atoms with Gasteiger partial charge in [0.1, 0.15) is 12.1 Å². The van der Waals surface area contributed by atoms with Crippen LogP contribution in [-0.2, 0) is 17.8 Å². The van der Waals surface area contributed by atoms with Gasteiger partial charge in [0.2, 0.25) is 5.91 Å². The molecule has 0 spiro atoms. The molecule has 25 heavy (non-hydrogen) atoms. The van der Waals surface area contributed by atoms with Crippen LogP contribution in [0.4, 0.5) is 4.39 Å². The van der Waals surface area contributed by atoms with Crippen molar-refractivity contribution in [3.8, 4) is 11.3 Å². The summed E-state index contributed by atoms with van der Waals surface area (Å²) in [4.78, 5) is 23.8. The average molecular weight is 342 g/mol. The van der Waals surface area contributed by atoms with Gasteiger partial charge in [0.25, 0.3) is 0 Å². The van der Waals surface area contributed by atoms with E-state index in [4.69, 9.17) is 0 Å². The summed E-state index contributed by atoms with van der Waals surface area (Å²) in [7, 11) is 0. The molecule has 1 amide bonds. The number of hydrogen-bond acceptors (Lipinski definition) is 4. The van der Waals surface area contributed by atoms with Gasteiger partial charge in [0, 0.05) is 50.9 Å². The lowest BCUT2D eigenvalue weighted by Crippen LogP contribution is -2.47. The lowest BCUT2D eigenvalue weighted by molar-refractivity contribution is -0.130. The van der Waals surface area contributed by atoms with Crippen LogP contribution >= 0.6 is 0 Å². The highest BCUT2D eigenvalue weighted by atomic mass is 19.1. The van der Waals surface area contributed by atoms with E-state index in [-0.39, 0.29) is 11.7 Å². The Hall–Kier alpha value is -2.34. The molecule has 6 heteroatoms. The number of nitrogens with zero attached hydrogens (tertiary/aromatic N) is 4. The van der Waals surface area contributed by atoms with Crippen LogP contribution in [0.3, 0.4) is 0 Å². The summed E-state index contributed by atoms with van der Waals surface area (Å²) in [6.45, 7) is 7.39. The van der Waals surface area contributed by atoms with E-state index in [0.29, 0.717) is 17.8 Å². The van der Waals surface area contributed by atoms with Crippen molar-refractivity contribution >= 4 is 5.91 Å². The standard InChI is InChI=1S/C19H23FN4O/c1-3-16-11-19(22-13-21-16)17-5-4-15(10-18(17)20)12-23-6-8-24(9-7-23)14(2)25/h4-5,10-11,13H,3,6-9,12H2,1-2H3. The van der Waals surface area contributed by atoms with Gasteiger partial charge in [-0.1, -0.05) is 13.0 Å². The van der Waals surface area contributed by atoms with Gasteiger partial charge in [-0.05, 0) is 30.2 Å². The second-order valence-corrected chi connectivity index (χ2v) is 6.34. The van der Waals surface area contributed by atoms with E-state index in [0.717, 1.165) is 43.9 Å². The zero-order valence-corrected chi connectivity index (χ0v) is 14.7. The summed E-state index contributed by atoms with van der Waals surface area (Å²) in [6.07, 6.45) is 2.28. The molecule has 5 nitrogen and oxygen atoms in total. The Labute approximate surface area is 147 Å². The zero-order valence-electron chi connectivity index (χ0n) is 14.7. The van der Waals surface area contributed by atoms with Crippen molar-refractivity contribution in [1.29, 1.82) is 0 Å². The largest absolute Gasteiger partial charge is 0.340 e. The molecular weight excluding hydrogens is 319 g/mol. The Morgan fingerprint density at radius 3 is 2.56 bits per heavy atom. The number of piperazine rings is 1. The minimum Gasteiger partial charge on any atom is -0.340 e. The van der Waals surface area contributed by atoms with Crippen molar-refractivity contribution in [2.45, 2.75) is 26.8 Å². The van der Waals surface area contributed by atoms with E-state index in [1.54, 1.807) is 19.1 Å². The Morgan fingerprint density at radius 1 is 1.16 bits per heavy atom. The molecular formula is C19H23FN4O. The predicted octanol–water partition coefficient (Wildman–Crippen LogP) is 2.51. The van der Waals surface area contributed by atoms with Gasteiger partial charge in [0.15, 0.2) is 0 Å². The highest BCUT2D eigenvalue weighted by Gasteiger charge is 2.19. The highest BCUT2D eigenvalue weighted by molar-refractivity contribution is 5.73. The van der Waals surface area contributed by atoms with E-state index in [1.807, 2.05) is 24.0 Å². The summed E-state index contributed by atoms with van der Waals surface area (Å²) < 4.78 is 14.6. The Balaban J connectivity index is 1.69. The molecule has 1 aromatic heterocycles.